The fraction of sp³-hybridized carbons (Fsp3) is 0.212. The Bertz CT molecular complexity index is 1700. The van der Waals surface area contributed by atoms with Crippen molar-refractivity contribution in [2.24, 2.45) is 0 Å². The number of hydrogen-bond acceptors (Lipinski definition) is 4. The molecule has 1 unspecified atom stereocenters. The van der Waals surface area contributed by atoms with E-state index in [1.54, 1.807) is 43.3 Å². The number of nitrogens with zero attached hydrogens (tertiary/aromatic N) is 2. The molecule has 230 valence electrons. The summed E-state index contributed by atoms with van der Waals surface area (Å²) >= 11 is 18.9. The van der Waals surface area contributed by atoms with Gasteiger partial charge in [0.05, 0.1) is 15.6 Å². The van der Waals surface area contributed by atoms with Gasteiger partial charge in [0.1, 0.15) is 12.6 Å². The van der Waals surface area contributed by atoms with Gasteiger partial charge in [0.25, 0.3) is 10.0 Å². The number of likely N-dealkylation sites (N-methyl/N-ethyl adjacent to an activating group) is 1. The van der Waals surface area contributed by atoms with Crippen LogP contribution in [0.15, 0.2) is 102 Å². The summed E-state index contributed by atoms with van der Waals surface area (Å²) in [6.45, 7) is 3.36. The highest BCUT2D eigenvalue weighted by molar-refractivity contribution is 7.92. The van der Waals surface area contributed by atoms with Crippen LogP contribution >= 0.6 is 34.8 Å². The van der Waals surface area contributed by atoms with E-state index in [9.17, 15) is 18.0 Å². The zero-order valence-electron chi connectivity index (χ0n) is 24.2. The summed E-state index contributed by atoms with van der Waals surface area (Å²) in [5, 5.41) is 3.68. The van der Waals surface area contributed by atoms with E-state index in [0.717, 1.165) is 15.4 Å². The van der Waals surface area contributed by atoms with E-state index in [-0.39, 0.29) is 39.5 Å². The molecule has 0 radical (unpaired) electrons. The van der Waals surface area contributed by atoms with Crippen molar-refractivity contribution in [3.63, 3.8) is 0 Å². The van der Waals surface area contributed by atoms with Gasteiger partial charge in [0.2, 0.25) is 11.8 Å². The van der Waals surface area contributed by atoms with E-state index >= 15 is 0 Å². The number of halogens is 3. The van der Waals surface area contributed by atoms with Crippen molar-refractivity contribution in [1.82, 2.24) is 10.2 Å². The predicted octanol–water partition coefficient (Wildman–Crippen LogP) is 6.93. The number of nitrogens with one attached hydrogen (secondary N) is 1. The van der Waals surface area contributed by atoms with Crippen LogP contribution in [0.4, 0.5) is 5.69 Å². The third-order valence-corrected chi connectivity index (χ3v) is 9.53. The first-order valence-electron chi connectivity index (χ1n) is 13.9. The van der Waals surface area contributed by atoms with Gasteiger partial charge in [0.15, 0.2) is 0 Å². The van der Waals surface area contributed by atoms with Gasteiger partial charge in [-0.25, -0.2) is 8.42 Å². The molecule has 0 aromatic heterocycles. The smallest absolute Gasteiger partial charge is 0.264 e. The van der Waals surface area contributed by atoms with Gasteiger partial charge in [-0.2, -0.15) is 0 Å². The second kappa shape index (κ2) is 14.9. The molecular formula is C33H32Cl3N3O4S. The fourth-order valence-corrected chi connectivity index (χ4v) is 6.65. The number of rotatable bonds is 12. The summed E-state index contributed by atoms with van der Waals surface area (Å²) in [7, 11) is -4.31. The van der Waals surface area contributed by atoms with Gasteiger partial charge >= 0.3 is 0 Å². The third-order valence-electron chi connectivity index (χ3n) is 6.95. The molecule has 44 heavy (non-hydrogen) atoms. The standard InChI is InChI=1S/C33H32Cl3N3O4S/c1-3-37-33(41)31(19-24-7-5-4-6-8-24)38(21-25-11-13-26(34)14-12-25)32(40)22-39(30-20-27(35)15-18-29(30)36)44(42,43)28-16-9-23(2)10-17-28/h4-18,20,31H,3,19,21-22H2,1-2H3,(H,37,41). The maximum atomic E-state index is 14.4. The number of amides is 2. The van der Waals surface area contributed by atoms with Gasteiger partial charge < -0.3 is 10.2 Å². The number of anilines is 1. The van der Waals surface area contributed by atoms with Gasteiger partial charge in [-0.05, 0) is 67.4 Å². The minimum absolute atomic E-state index is 0.0202. The van der Waals surface area contributed by atoms with Crippen molar-refractivity contribution < 1.29 is 18.0 Å². The monoisotopic (exact) mass is 671 g/mol. The molecule has 1 atom stereocenters. The summed E-state index contributed by atoms with van der Waals surface area (Å²) in [6, 6.07) is 25.9. The number of carbonyl (C=O) groups is 2. The molecule has 0 aliphatic heterocycles. The van der Waals surface area contributed by atoms with Crippen LogP contribution in [0.1, 0.15) is 23.6 Å². The number of sulfonamides is 1. The molecule has 7 nitrogen and oxygen atoms in total. The third kappa shape index (κ3) is 8.33. The van der Waals surface area contributed by atoms with E-state index < -0.39 is 28.5 Å². The Morgan fingerprint density at radius 3 is 2.09 bits per heavy atom. The van der Waals surface area contributed by atoms with E-state index in [1.807, 2.05) is 37.3 Å². The molecule has 4 aromatic rings. The topological polar surface area (TPSA) is 86.8 Å². The highest BCUT2D eigenvalue weighted by Gasteiger charge is 2.35. The molecule has 4 rings (SSSR count). The predicted molar refractivity (Wildman–Crippen MR) is 177 cm³/mol. The van der Waals surface area contributed by atoms with Crippen LogP contribution < -0.4 is 9.62 Å². The summed E-state index contributed by atoms with van der Waals surface area (Å²) < 4.78 is 29.2. The van der Waals surface area contributed by atoms with Crippen molar-refractivity contribution in [3.05, 3.63) is 129 Å². The number of benzene rings is 4. The molecule has 0 bridgehead atoms. The second-order valence-corrected chi connectivity index (χ2v) is 13.3. The summed E-state index contributed by atoms with van der Waals surface area (Å²) in [5.41, 5.74) is 2.45. The molecular weight excluding hydrogens is 641 g/mol. The average Bonchev–Trinajstić information content (AvgIpc) is 3.00. The molecule has 2 amide bonds. The van der Waals surface area contributed by atoms with Gasteiger partial charge in [-0.15, -0.1) is 0 Å². The first-order chi connectivity index (χ1) is 21.0. The van der Waals surface area contributed by atoms with Crippen LogP contribution in [-0.2, 0) is 32.6 Å². The fourth-order valence-electron chi connectivity index (χ4n) is 4.66. The van der Waals surface area contributed by atoms with Crippen LogP contribution in [0.25, 0.3) is 0 Å². The van der Waals surface area contributed by atoms with Gasteiger partial charge in [-0.3, -0.25) is 13.9 Å². The first-order valence-corrected chi connectivity index (χ1v) is 16.5. The lowest BCUT2D eigenvalue weighted by Gasteiger charge is -2.34. The van der Waals surface area contributed by atoms with E-state index in [0.29, 0.717) is 17.1 Å². The Kier molecular flexibility index (Phi) is 11.3. The summed E-state index contributed by atoms with van der Waals surface area (Å²) in [4.78, 5) is 29.3. The quantitative estimate of drug-likeness (QED) is 0.177. The maximum absolute atomic E-state index is 14.4. The molecule has 0 fully saturated rings. The Labute approximate surface area is 273 Å². The summed E-state index contributed by atoms with van der Waals surface area (Å²) in [5.74, 6) is -0.980. The molecule has 0 saturated carbocycles. The maximum Gasteiger partial charge on any atom is 0.264 e. The second-order valence-electron chi connectivity index (χ2n) is 10.2. The Morgan fingerprint density at radius 1 is 0.818 bits per heavy atom. The summed E-state index contributed by atoms with van der Waals surface area (Å²) in [6.07, 6.45) is 0.203. The normalized spacial score (nSPS) is 11.9. The van der Waals surface area contributed by atoms with Gasteiger partial charge in [-0.1, -0.05) is 95.0 Å². The molecule has 0 aliphatic carbocycles. The van der Waals surface area contributed by atoms with E-state index in [2.05, 4.69) is 5.32 Å². The lowest BCUT2D eigenvalue weighted by molar-refractivity contribution is -0.140. The van der Waals surface area contributed by atoms with Crippen molar-refractivity contribution in [2.45, 2.75) is 37.8 Å². The number of hydrogen-bond donors (Lipinski definition) is 1. The molecule has 11 heteroatoms. The van der Waals surface area contributed by atoms with E-state index in [4.69, 9.17) is 34.8 Å². The SMILES string of the molecule is CCNC(=O)C(Cc1ccccc1)N(Cc1ccc(Cl)cc1)C(=O)CN(c1cc(Cl)ccc1Cl)S(=O)(=O)c1ccc(C)cc1. The van der Waals surface area contributed by atoms with Crippen LogP contribution in [0.3, 0.4) is 0 Å². The largest absolute Gasteiger partial charge is 0.355 e. The molecule has 0 heterocycles. The van der Waals surface area contributed by atoms with E-state index in [1.165, 1.54) is 35.2 Å². The lowest BCUT2D eigenvalue weighted by atomic mass is 10.0. The first kappa shape index (κ1) is 33.3. The average molecular weight is 673 g/mol. The van der Waals surface area contributed by atoms with Crippen LogP contribution in [0.2, 0.25) is 15.1 Å². The van der Waals surface area contributed by atoms with Crippen molar-refractivity contribution in [2.75, 3.05) is 17.4 Å². The van der Waals surface area contributed by atoms with Crippen LogP contribution in [-0.4, -0.2) is 44.3 Å². The van der Waals surface area contributed by atoms with Gasteiger partial charge in [0, 0.05) is 29.6 Å². The lowest BCUT2D eigenvalue weighted by Crippen LogP contribution is -2.53. The Morgan fingerprint density at radius 2 is 1.45 bits per heavy atom. The zero-order chi connectivity index (χ0) is 31.9. The molecule has 1 N–H and O–H groups in total. The minimum Gasteiger partial charge on any atom is -0.355 e. The highest BCUT2D eigenvalue weighted by Crippen LogP contribution is 2.33. The van der Waals surface area contributed by atoms with Crippen LogP contribution in [0, 0.1) is 6.92 Å². The molecule has 0 saturated heterocycles. The zero-order valence-corrected chi connectivity index (χ0v) is 27.3. The molecule has 0 aliphatic rings. The highest BCUT2D eigenvalue weighted by atomic mass is 35.5. The van der Waals surface area contributed by atoms with Crippen molar-refractivity contribution >= 4 is 62.3 Å². The van der Waals surface area contributed by atoms with Crippen molar-refractivity contribution in [3.8, 4) is 0 Å². The number of aryl methyl sites for hydroxylation is 1. The molecule has 4 aromatic carbocycles. The van der Waals surface area contributed by atoms with Crippen molar-refractivity contribution in [1.29, 1.82) is 0 Å². The Hall–Kier alpha value is -3.56. The Balaban J connectivity index is 1.82. The molecule has 0 spiro atoms. The minimum atomic E-state index is -4.31. The van der Waals surface area contributed by atoms with Crippen LogP contribution in [0.5, 0.6) is 0 Å². The number of carbonyl (C=O) groups excluding carboxylic acids is 2.